The van der Waals surface area contributed by atoms with Crippen molar-refractivity contribution >= 4 is 15.8 Å². The largest absolute Gasteiger partial charge is 0.370 e. The number of rotatable bonds is 6. The molecule has 0 aromatic carbocycles. The maximum atomic E-state index is 12.2. The van der Waals surface area contributed by atoms with Crippen molar-refractivity contribution in [1.82, 2.24) is 9.29 Å². The van der Waals surface area contributed by atoms with Gasteiger partial charge in [0.1, 0.15) is 10.7 Å². The Hall–Kier alpha value is -1.14. The van der Waals surface area contributed by atoms with Crippen LogP contribution in [0.4, 0.5) is 5.82 Å². The van der Waals surface area contributed by atoms with E-state index in [4.69, 9.17) is 0 Å². The molecule has 0 aliphatic rings. The van der Waals surface area contributed by atoms with Crippen molar-refractivity contribution < 1.29 is 8.42 Å². The first-order valence-electron chi connectivity index (χ1n) is 6.07. The zero-order chi connectivity index (χ0) is 13.8. The average molecular weight is 271 g/mol. The van der Waals surface area contributed by atoms with Crippen LogP contribution in [-0.2, 0) is 10.0 Å². The molecular weight excluding hydrogens is 250 g/mol. The number of nitrogens with zero attached hydrogens (tertiary/aromatic N) is 2. The number of hydrogen-bond donors (Lipinski definition) is 1. The van der Waals surface area contributed by atoms with E-state index in [1.54, 1.807) is 19.2 Å². The summed E-state index contributed by atoms with van der Waals surface area (Å²) in [6.45, 7) is 6.55. The Labute approximate surface area is 109 Å². The normalized spacial score (nSPS) is 12.1. The highest BCUT2D eigenvalue weighted by Crippen LogP contribution is 2.16. The van der Waals surface area contributed by atoms with E-state index in [2.05, 4.69) is 17.2 Å². The lowest BCUT2D eigenvalue weighted by Crippen LogP contribution is -2.33. The van der Waals surface area contributed by atoms with Gasteiger partial charge in [-0.25, -0.2) is 13.4 Å². The second-order valence-corrected chi connectivity index (χ2v) is 6.42. The van der Waals surface area contributed by atoms with Gasteiger partial charge in [-0.05, 0) is 32.4 Å². The fraction of sp³-hybridized carbons (Fsp3) is 0.583. The third kappa shape index (κ3) is 3.43. The lowest BCUT2D eigenvalue weighted by Gasteiger charge is -2.20. The molecule has 102 valence electrons. The van der Waals surface area contributed by atoms with Gasteiger partial charge in [-0.2, -0.15) is 4.31 Å². The van der Waals surface area contributed by atoms with Gasteiger partial charge in [-0.3, -0.25) is 0 Å². The molecule has 0 fully saturated rings. The van der Waals surface area contributed by atoms with E-state index in [0.717, 1.165) is 13.0 Å². The lowest BCUT2D eigenvalue weighted by atomic mass is 10.4. The highest BCUT2D eigenvalue weighted by atomic mass is 32.2. The van der Waals surface area contributed by atoms with Crippen LogP contribution in [0.3, 0.4) is 0 Å². The van der Waals surface area contributed by atoms with Crippen LogP contribution >= 0.6 is 0 Å². The second kappa shape index (κ2) is 6.15. The molecule has 0 radical (unpaired) electrons. The van der Waals surface area contributed by atoms with Crippen LogP contribution in [0.15, 0.2) is 23.2 Å². The first-order valence-corrected chi connectivity index (χ1v) is 7.51. The summed E-state index contributed by atoms with van der Waals surface area (Å²) in [4.78, 5) is 4.33. The van der Waals surface area contributed by atoms with Gasteiger partial charge < -0.3 is 5.32 Å². The van der Waals surface area contributed by atoms with Gasteiger partial charge in [0.15, 0.2) is 0 Å². The van der Waals surface area contributed by atoms with Crippen LogP contribution in [-0.4, -0.2) is 37.3 Å². The van der Waals surface area contributed by atoms with Crippen LogP contribution < -0.4 is 5.32 Å². The second-order valence-electron chi connectivity index (χ2n) is 4.42. The molecule has 18 heavy (non-hydrogen) atoms. The van der Waals surface area contributed by atoms with Crippen molar-refractivity contribution in [2.45, 2.75) is 38.1 Å². The number of aromatic nitrogens is 1. The van der Waals surface area contributed by atoms with Crippen molar-refractivity contribution in [2.24, 2.45) is 0 Å². The van der Waals surface area contributed by atoms with E-state index >= 15 is 0 Å². The Balaban J connectivity index is 2.91. The first kappa shape index (κ1) is 14.9. The molecule has 0 atom stereocenters. The van der Waals surface area contributed by atoms with Crippen molar-refractivity contribution in [3.8, 4) is 0 Å². The summed E-state index contributed by atoms with van der Waals surface area (Å²) >= 11 is 0. The molecule has 0 aliphatic carbocycles. The topological polar surface area (TPSA) is 62.3 Å². The van der Waals surface area contributed by atoms with Gasteiger partial charge in [0, 0.05) is 25.8 Å². The van der Waals surface area contributed by atoms with Crippen LogP contribution in [0.25, 0.3) is 0 Å². The molecular formula is C12H21N3O2S. The summed E-state index contributed by atoms with van der Waals surface area (Å²) in [7, 11) is -1.86. The minimum Gasteiger partial charge on any atom is -0.370 e. The Kier molecular flexibility index (Phi) is 5.10. The monoisotopic (exact) mass is 271 g/mol. The molecule has 0 unspecified atom stereocenters. The standard InChI is InChI=1S/C12H21N3O2S/c1-5-8-13-12-7-6-11(9-14-12)18(16,17)15(4)10(2)3/h6-7,9-10H,5,8H2,1-4H3,(H,13,14). The molecule has 0 spiro atoms. The Morgan fingerprint density at radius 3 is 2.50 bits per heavy atom. The molecule has 0 bridgehead atoms. The molecule has 1 heterocycles. The molecule has 0 amide bonds. The molecule has 0 saturated carbocycles. The van der Waals surface area contributed by atoms with Crippen molar-refractivity contribution in [1.29, 1.82) is 0 Å². The van der Waals surface area contributed by atoms with Gasteiger partial charge >= 0.3 is 0 Å². The summed E-state index contributed by atoms with van der Waals surface area (Å²) in [6, 6.07) is 3.20. The third-order valence-electron chi connectivity index (χ3n) is 2.70. The summed E-state index contributed by atoms with van der Waals surface area (Å²) < 4.78 is 25.7. The van der Waals surface area contributed by atoms with Gasteiger partial charge in [0.25, 0.3) is 0 Å². The van der Waals surface area contributed by atoms with E-state index in [1.807, 2.05) is 13.8 Å². The molecule has 1 aromatic heterocycles. The lowest BCUT2D eigenvalue weighted by molar-refractivity contribution is 0.410. The molecule has 1 rings (SSSR count). The zero-order valence-corrected chi connectivity index (χ0v) is 12.2. The van der Waals surface area contributed by atoms with Gasteiger partial charge in [-0.1, -0.05) is 6.92 Å². The summed E-state index contributed by atoms with van der Waals surface area (Å²) in [5, 5.41) is 3.11. The number of sulfonamides is 1. The number of hydrogen-bond acceptors (Lipinski definition) is 4. The zero-order valence-electron chi connectivity index (χ0n) is 11.3. The van der Waals surface area contributed by atoms with E-state index in [-0.39, 0.29) is 10.9 Å². The molecule has 1 aromatic rings. The third-order valence-corrected chi connectivity index (χ3v) is 4.71. The molecule has 0 saturated heterocycles. The fourth-order valence-corrected chi connectivity index (χ4v) is 2.65. The Bertz CT molecular complexity index is 469. The maximum Gasteiger partial charge on any atom is 0.244 e. The maximum absolute atomic E-state index is 12.2. The van der Waals surface area contributed by atoms with Gasteiger partial charge in [0.05, 0.1) is 0 Å². The van der Waals surface area contributed by atoms with Crippen molar-refractivity contribution in [3.05, 3.63) is 18.3 Å². The quantitative estimate of drug-likeness (QED) is 0.859. The van der Waals surface area contributed by atoms with E-state index < -0.39 is 10.0 Å². The minimum absolute atomic E-state index is 0.0760. The van der Waals surface area contributed by atoms with Gasteiger partial charge in [0.2, 0.25) is 10.0 Å². The smallest absolute Gasteiger partial charge is 0.244 e. The molecule has 5 nitrogen and oxygen atoms in total. The summed E-state index contributed by atoms with van der Waals surface area (Å²) in [6.07, 6.45) is 2.39. The number of nitrogens with one attached hydrogen (secondary N) is 1. The molecule has 1 N–H and O–H groups in total. The van der Waals surface area contributed by atoms with E-state index in [9.17, 15) is 8.42 Å². The summed E-state index contributed by atoms with van der Waals surface area (Å²) in [5.41, 5.74) is 0. The molecule has 6 heteroatoms. The van der Waals surface area contributed by atoms with Crippen molar-refractivity contribution in [3.63, 3.8) is 0 Å². The minimum atomic E-state index is -3.43. The van der Waals surface area contributed by atoms with Crippen LogP contribution in [0.1, 0.15) is 27.2 Å². The Morgan fingerprint density at radius 2 is 2.06 bits per heavy atom. The van der Waals surface area contributed by atoms with Crippen LogP contribution in [0.2, 0.25) is 0 Å². The van der Waals surface area contributed by atoms with E-state index in [1.165, 1.54) is 10.5 Å². The SMILES string of the molecule is CCCNc1ccc(S(=O)(=O)N(C)C(C)C)cn1. The van der Waals surface area contributed by atoms with Crippen LogP contribution in [0.5, 0.6) is 0 Å². The van der Waals surface area contributed by atoms with Crippen LogP contribution in [0, 0.1) is 0 Å². The fourth-order valence-electron chi connectivity index (χ4n) is 1.33. The number of anilines is 1. The first-order chi connectivity index (χ1) is 8.39. The molecule has 0 aliphatic heterocycles. The van der Waals surface area contributed by atoms with Gasteiger partial charge in [-0.15, -0.1) is 0 Å². The predicted octanol–water partition coefficient (Wildman–Crippen LogP) is 1.93. The highest BCUT2D eigenvalue weighted by Gasteiger charge is 2.23. The number of pyridine rings is 1. The highest BCUT2D eigenvalue weighted by molar-refractivity contribution is 7.89. The summed E-state index contributed by atoms with van der Waals surface area (Å²) in [5.74, 6) is 0.697. The predicted molar refractivity (Wildman–Crippen MR) is 73.1 cm³/mol. The van der Waals surface area contributed by atoms with Crippen molar-refractivity contribution in [2.75, 3.05) is 18.9 Å². The Morgan fingerprint density at radius 1 is 1.39 bits per heavy atom. The van der Waals surface area contributed by atoms with E-state index in [0.29, 0.717) is 5.82 Å². The average Bonchev–Trinajstić information content (AvgIpc) is 2.35.